The van der Waals surface area contributed by atoms with E-state index in [-0.39, 0.29) is 24.7 Å². The Hall–Kier alpha value is -2.33. The Bertz CT molecular complexity index is 1040. The molecule has 3 saturated carbocycles. The maximum absolute atomic E-state index is 15.5. The molecule has 0 saturated heterocycles. The number of aliphatic hydroxyl groups is 1. The highest BCUT2D eigenvalue weighted by molar-refractivity contribution is 6.01. The minimum Gasteiger partial charge on any atom is -0.478 e. The van der Waals surface area contributed by atoms with E-state index in [1.54, 1.807) is 13.0 Å². The van der Waals surface area contributed by atoms with Crippen LogP contribution in [-0.4, -0.2) is 65.6 Å². The standard InChI is InChI=1S/C29H40F2O8/c1-16-11-19(17-12-21(30)20-13-18(32)9-10-27(20,2)14-17)28(3,15-24(31)33)29(16,25(34)35)39-26(36)38-23-8-6-5-7-22(23)37-4/h9-10,13,16-17,19,21-24,33H,5-8,11-12,14-15H2,1-4H3,(H,34,35)/t16-,17-,19+,21+,22+,23+,24?,27-,28+,29+/m1/s1. The number of fused-ring (bicyclic) bond motifs is 1. The number of rotatable bonds is 7. The summed E-state index contributed by atoms with van der Waals surface area (Å²) in [7, 11) is 1.51. The molecule has 0 aromatic rings. The van der Waals surface area contributed by atoms with Crippen molar-refractivity contribution < 1.29 is 47.6 Å². The second kappa shape index (κ2) is 10.9. The van der Waals surface area contributed by atoms with E-state index in [2.05, 4.69) is 0 Å². The zero-order valence-electron chi connectivity index (χ0n) is 23.0. The van der Waals surface area contributed by atoms with Crippen LogP contribution < -0.4 is 0 Å². The van der Waals surface area contributed by atoms with Crippen molar-refractivity contribution in [3.63, 3.8) is 0 Å². The van der Waals surface area contributed by atoms with Crippen molar-refractivity contribution in [3.05, 3.63) is 23.8 Å². The average molecular weight is 555 g/mol. The molecule has 4 aliphatic rings. The van der Waals surface area contributed by atoms with E-state index in [4.69, 9.17) is 14.2 Å². The van der Waals surface area contributed by atoms with Crippen LogP contribution in [-0.2, 0) is 23.8 Å². The highest BCUT2D eigenvalue weighted by atomic mass is 19.1. The molecule has 0 aromatic carbocycles. The molecular formula is C29H40F2O8. The van der Waals surface area contributed by atoms with Crippen LogP contribution in [0, 0.1) is 28.6 Å². The molecular weight excluding hydrogens is 514 g/mol. The first-order chi connectivity index (χ1) is 18.3. The van der Waals surface area contributed by atoms with Gasteiger partial charge in [-0.1, -0.05) is 33.3 Å². The van der Waals surface area contributed by atoms with Gasteiger partial charge in [0, 0.05) is 30.3 Å². The fourth-order valence-electron chi connectivity index (χ4n) is 8.16. The summed E-state index contributed by atoms with van der Waals surface area (Å²) in [5.74, 6) is -3.57. The SMILES string of the molecule is CO[C@H]1CCCC[C@@H]1OC(=O)O[C@]1(C(=O)O)[C@H](C)C[C@@H]([C@@H]2C[C@H](F)C3=CC(=O)C=C[C@]3(C)C2)[C@]1(C)CC(O)F. The third-order valence-corrected chi connectivity index (χ3v) is 9.99. The third-order valence-electron chi connectivity index (χ3n) is 9.99. The summed E-state index contributed by atoms with van der Waals surface area (Å²) in [6, 6.07) is 0. The van der Waals surface area contributed by atoms with Crippen LogP contribution in [0.1, 0.15) is 72.1 Å². The predicted molar refractivity (Wildman–Crippen MR) is 136 cm³/mol. The lowest BCUT2D eigenvalue weighted by Gasteiger charge is -2.49. The molecule has 3 fully saturated rings. The first kappa shape index (κ1) is 29.6. The number of methoxy groups -OCH3 is 1. The van der Waals surface area contributed by atoms with Gasteiger partial charge in [-0.2, -0.15) is 0 Å². The van der Waals surface area contributed by atoms with Crippen LogP contribution in [0.5, 0.6) is 0 Å². The van der Waals surface area contributed by atoms with Crippen molar-refractivity contribution >= 4 is 17.9 Å². The minimum atomic E-state index is -2.39. The molecule has 39 heavy (non-hydrogen) atoms. The topological polar surface area (TPSA) is 119 Å². The lowest BCUT2D eigenvalue weighted by atomic mass is 9.56. The Morgan fingerprint density at radius 2 is 1.85 bits per heavy atom. The van der Waals surface area contributed by atoms with Gasteiger partial charge in [0.15, 0.2) is 12.1 Å². The zero-order valence-corrected chi connectivity index (χ0v) is 23.0. The van der Waals surface area contributed by atoms with Gasteiger partial charge in [-0.25, -0.2) is 18.4 Å². The number of carbonyl (C=O) groups is 3. The van der Waals surface area contributed by atoms with Gasteiger partial charge in [0.05, 0.1) is 6.10 Å². The van der Waals surface area contributed by atoms with Gasteiger partial charge in [-0.3, -0.25) is 4.79 Å². The van der Waals surface area contributed by atoms with Gasteiger partial charge < -0.3 is 24.4 Å². The fraction of sp³-hybridized carbons (Fsp3) is 0.759. The van der Waals surface area contributed by atoms with Gasteiger partial charge in [0.2, 0.25) is 5.60 Å². The summed E-state index contributed by atoms with van der Waals surface area (Å²) in [6.07, 6.45) is 1.38. The molecule has 0 radical (unpaired) electrons. The summed E-state index contributed by atoms with van der Waals surface area (Å²) in [6.45, 7) is 4.95. The van der Waals surface area contributed by atoms with Gasteiger partial charge in [0.1, 0.15) is 12.3 Å². The minimum absolute atomic E-state index is 0.00956. The van der Waals surface area contributed by atoms with Gasteiger partial charge in [0.25, 0.3) is 0 Å². The first-order valence-electron chi connectivity index (χ1n) is 13.8. The molecule has 4 rings (SSSR count). The number of aliphatic carboxylic acids is 1. The summed E-state index contributed by atoms with van der Waals surface area (Å²) in [5, 5.41) is 20.5. The van der Waals surface area contributed by atoms with E-state index in [9.17, 15) is 29.0 Å². The van der Waals surface area contributed by atoms with Gasteiger partial charge in [-0.15, -0.1) is 0 Å². The van der Waals surface area contributed by atoms with Crippen molar-refractivity contribution in [2.75, 3.05) is 7.11 Å². The largest absolute Gasteiger partial charge is 0.509 e. The Morgan fingerprint density at radius 3 is 2.46 bits per heavy atom. The molecule has 2 N–H and O–H groups in total. The molecule has 218 valence electrons. The number of halogens is 2. The number of hydrogen-bond donors (Lipinski definition) is 2. The van der Waals surface area contributed by atoms with Crippen LogP contribution in [0.4, 0.5) is 13.6 Å². The van der Waals surface area contributed by atoms with E-state index in [1.165, 1.54) is 26.2 Å². The molecule has 0 spiro atoms. The second-order valence-corrected chi connectivity index (χ2v) is 12.3. The van der Waals surface area contributed by atoms with Crippen molar-refractivity contribution in [3.8, 4) is 0 Å². The second-order valence-electron chi connectivity index (χ2n) is 12.3. The molecule has 4 aliphatic carbocycles. The van der Waals surface area contributed by atoms with E-state index < -0.39 is 71.4 Å². The molecule has 0 bridgehead atoms. The fourth-order valence-corrected chi connectivity index (χ4v) is 8.16. The quantitative estimate of drug-likeness (QED) is 0.418. The molecule has 10 heteroatoms. The molecule has 1 unspecified atom stereocenters. The van der Waals surface area contributed by atoms with E-state index in [0.29, 0.717) is 24.8 Å². The van der Waals surface area contributed by atoms with E-state index in [1.807, 2.05) is 6.92 Å². The van der Waals surface area contributed by atoms with Crippen LogP contribution >= 0.6 is 0 Å². The maximum Gasteiger partial charge on any atom is 0.509 e. The number of alkyl halides is 2. The van der Waals surface area contributed by atoms with Crippen molar-refractivity contribution in [1.29, 1.82) is 0 Å². The van der Waals surface area contributed by atoms with Crippen molar-refractivity contribution in [2.24, 2.45) is 28.6 Å². The smallest absolute Gasteiger partial charge is 0.478 e. The van der Waals surface area contributed by atoms with E-state index >= 15 is 4.39 Å². The number of carboxylic acids is 1. The number of aliphatic hydroxyl groups excluding tert-OH is 1. The maximum atomic E-state index is 15.5. The molecule has 8 nitrogen and oxygen atoms in total. The first-order valence-corrected chi connectivity index (χ1v) is 13.8. The predicted octanol–water partition coefficient (Wildman–Crippen LogP) is 5.08. The number of ketones is 1. The van der Waals surface area contributed by atoms with Gasteiger partial charge >= 0.3 is 12.1 Å². The summed E-state index contributed by atoms with van der Waals surface area (Å²) in [5.41, 5.74) is -4.19. The third kappa shape index (κ3) is 5.14. The zero-order chi connectivity index (χ0) is 28.8. The van der Waals surface area contributed by atoms with Crippen LogP contribution in [0.3, 0.4) is 0 Å². The summed E-state index contributed by atoms with van der Waals surface area (Å²) >= 11 is 0. The number of carboxylic acid groups (broad SMARTS) is 1. The number of carbonyl (C=O) groups excluding carboxylic acids is 2. The molecule has 0 heterocycles. The molecule has 0 aliphatic heterocycles. The molecule has 10 atom stereocenters. The Morgan fingerprint density at radius 1 is 1.18 bits per heavy atom. The average Bonchev–Trinajstić information content (AvgIpc) is 3.06. The lowest BCUT2D eigenvalue weighted by molar-refractivity contribution is -0.195. The molecule has 0 aromatic heterocycles. The van der Waals surface area contributed by atoms with Crippen LogP contribution in [0.15, 0.2) is 23.8 Å². The van der Waals surface area contributed by atoms with Crippen LogP contribution in [0.2, 0.25) is 0 Å². The Labute approximate surface area is 227 Å². The summed E-state index contributed by atoms with van der Waals surface area (Å²) in [4.78, 5) is 38.1. The number of ether oxygens (including phenoxy) is 3. The van der Waals surface area contributed by atoms with Crippen LogP contribution in [0.25, 0.3) is 0 Å². The Kier molecular flexibility index (Phi) is 8.30. The monoisotopic (exact) mass is 554 g/mol. The van der Waals surface area contributed by atoms with E-state index in [0.717, 1.165) is 12.8 Å². The number of allylic oxidation sites excluding steroid dienone is 4. The highest BCUT2D eigenvalue weighted by Crippen LogP contribution is 2.64. The Balaban J connectivity index is 1.67. The van der Waals surface area contributed by atoms with Gasteiger partial charge in [-0.05, 0) is 68.1 Å². The lowest BCUT2D eigenvalue weighted by Crippen LogP contribution is -2.59. The number of hydrogen-bond acceptors (Lipinski definition) is 7. The summed E-state index contributed by atoms with van der Waals surface area (Å²) < 4.78 is 46.6. The normalized spacial score (nSPS) is 42.8. The van der Waals surface area contributed by atoms with Crippen molar-refractivity contribution in [1.82, 2.24) is 0 Å². The highest BCUT2D eigenvalue weighted by Gasteiger charge is 2.71. The molecule has 0 amide bonds. The van der Waals surface area contributed by atoms with Crippen molar-refractivity contribution in [2.45, 2.75) is 102 Å².